The Hall–Kier alpha value is -1.10. The van der Waals surface area contributed by atoms with Crippen LogP contribution in [0.1, 0.15) is 57.1 Å². The highest BCUT2D eigenvalue weighted by Gasteiger charge is 2.25. The predicted molar refractivity (Wildman–Crippen MR) is 98.3 cm³/mol. The van der Waals surface area contributed by atoms with E-state index in [1.54, 1.807) is 0 Å². The highest BCUT2D eigenvalue weighted by atomic mass is 16.3. The van der Waals surface area contributed by atoms with E-state index in [0.29, 0.717) is 24.6 Å². The van der Waals surface area contributed by atoms with Crippen molar-refractivity contribution < 1.29 is 10.2 Å². The van der Waals surface area contributed by atoms with Crippen LogP contribution in [-0.2, 0) is 0 Å². The molecule has 2 aliphatic rings. The summed E-state index contributed by atoms with van der Waals surface area (Å²) in [7, 11) is 0. The Morgan fingerprint density at radius 3 is 2.42 bits per heavy atom. The zero-order chi connectivity index (χ0) is 16.9. The van der Waals surface area contributed by atoms with E-state index >= 15 is 0 Å². The fourth-order valence-electron chi connectivity index (χ4n) is 4.16. The Morgan fingerprint density at radius 1 is 1.08 bits per heavy atom. The number of aliphatic hydroxyl groups is 2. The van der Waals surface area contributed by atoms with Gasteiger partial charge in [0.25, 0.3) is 0 Å². The Labute approximate surface area is 145 Å². The summed E-state index contributed by atoms with van der Waals surface area (Å²) in [5.74, 6) is 0.403. The molecular formula is C20H32N2O2. The second-order valence-electron chi connectivity index (χ2n) is 7.53. The average molecular weight is 332 g/mol. The molecule has 1 aliphatic carbocycles. The highest BCUT2D eigenvalue weighted by molar-refractivity contribution is 5.48. The van der Waals surface area contributed by atoms with Gasteiger partial charge in [-0.25, -0.2) is 0 Å². The zero-order valence-corrected chi connectivity index (χ0v) is 14.8. The molecule has 2 fully saturated rings. The van der Waals surface area contributed by atoms with Crippen LogP contribution in [0.15, 0.2) is 24.3 Å². The van der Waals surface area contributed by atoms with Crippen molar-refractivity contribution in [1.82, 2.24) is 5.32 Å². The molecule has 1 aliphatic heterocycles. The van der Waals surface area contributed by atoms with Crippen LogP contribution < -0.4 is 10.2 Å². The van der Waals surface area contributed by atoms with Gasteiger partial charge in [0, 0.05) is 37.5 Å². The predicted octanol–water partition coefficient (Wildman–Crippen LogP) is 2.85. The first kappa shape index (κ1) is 17.7. The van der Waals surface area contributed by atoms with Gasteiger partial charge in [0.1, 0.15) is 0 Å². The fraction of sp³-hybridized carbons (Fsp3) is 0.700. The van der Waals surface area contributed by atoms with Gasteiger partial charge in [0.2, 0.25) is 0 Å². The van der Waals surface area contributed by atoms with Crippen molar-refractivity contribution >= 4 is 5.69 Å². The molecule has 1 heterocycles. The van der Waals surface area contributed by atoms with E-state index in [4.69, 9.17) is 0 Å². The van der Waals surface area contributed by atoms with Crippen molar-refractivity contribution in [3.05, 3.63) is 29.8 Å². The number of hydrogen-bond acceptors (Lipinski definition) is 4. The molecule has 0 amide bonds. The molecular weight excluding hydrogens is 300 g/mol. The van der Waals surface area contributed by atoms with Gasteiger partial charge >= 0.3 is 0 Å². The van der Waals surface area contributed by atoms with Crippen LogP contribution in [0.3, 0.4) is 0 Å². The Kier molecular flexibility index (Phi) is 6.14. The van der Waals surface area contributed by atoms with E-state index in [0.717, 1.165) is 32.4 Å². The summed E-state index contributed by atoms with van der Waals surface area (Å²) in [5.41, 5.74) is 2.56. The van der Waals surface area contributed by atoms with Crippen LogP contribution in [0.4, 0.5) is 5.69 Å². The third-order valence-electron chi connectivity index (χ3n) is 5.83. The van der Waals surface area contributed by atoms with E-state index in [2.05, 4.69) is 41.4 Å². The van der Waals surface area contributed by atoms with Gasteiger partial charge in [0.15, 0.2) is 0 Å². The molecule has 134 valence electrons. The SMILES string of the molecule is CC(NC1CCCCC1CO)c1ccc(N2CCC(O)CC2)cc1. The average Bonchev–Trinajstić information content (AvgIpc) is 2.63. The molecule has 0 aromatic heterocycles. The van der Waals surface area contributed by atoms with Gasteiger partial charge < -0.3 is 20.4 Å². The number of nitrogens with one attached hydrogen (secondary N) is 1. The van der Waals surface area contributed by atoms with Crippen LogP contribution in [-0.4, -0.2) is 42.1 Å². The lowest BCUT2D eigenvalue weighted by atomic mass is 9.84. The summed E-state index contributed by atoms with van der Waals surface area (Å²) >= 11 is 0. The summed E-state index contributed by atoms with van der Waals surface area (Å²) in [4.78, 5) is 2.36. The summed E-state index contributed by atoms with van der Waals surface area (Å²) in [6.07, 6.45) is 6.43. The summed E-state index contributed by atoms with van der Waals surface area (Å²) in [6, 6.07) is 9.58. The molecule has 1 aromatic rings. The molecule has 24 heavy (non-hydrogen) atoms. The molecule has 0 radical (unpaired) electrons. The number of benzene rings is 1. The van der Waals surface area contributed by atoms with E-state index in [1.165, 1.54) is 30.5 Å². The van der Waals surface area contributed by atoms with Gasteiger partial charge in [-0.1, -0.05) is 25.0 Å². The van der Waals surface area contributed by atoms with Crippen molar-refractivity contribution in [2.24, 2.45) is 5.92 Å². The minimum Gasteiger partial charge on any atom is -0.396 e. The summed E-state index contributed by atoms with van der Waals surface area (Å²) in [5, 5.41) is 23.0. The molecule has 0 bridgehead atoms. The molecule has 4 heteroatoms. The maximum absolute atomic E-state index is 9.64. The standard InChI is InChI=1S/C20H32N2O2/c1-15(21-20-5-3-2-4-17(20)14-23)16-6-8-18(9-7-16)22-12-10-19(24)11-13-22/h6-9,15,17,19-21,23-24H,2-5,10-14H2,1H3. The van der Waals surface area contributed by atoms with Crippen molar-refractivity contribution in [2.75, 3.05) is 24.6 Å². The molecule has 3 atom stereocenters. The molecule has 3 unspecified atom stereocenters. The topological polar surface area (TPSA) is 55.7 Å². The maximum Gasteiger partial charge on any atom is 0.0574 e. The molecule has 3 rings (SSSR count). The number of aliphatic hydroxyl groups excluding tert-OH is 2. The van der Waals surface area contributed by atoms with Crippen molar-refractivity contribution in [2.45, 2.75) is 63.6 Å². The van der Waals surface area contributed by atoms with E-state index < -0.39 is 0 Å². The lowest BCUT2D eigenvalue weighted by Gasteiger charge is -2.34. The monoisotopic (exact) mass is 332 g/mol. The maximum atomic E-state index is 9.64. The van der Waals surface area contributed by atoms with Crippen LogP contribution in [0.5, 0.6) is 0 Å². The van der Waals surface area contributed by atoms with Gasteiger partial charge in [-0.3, -0.25) is 0 Å². The van der Waals surface area contributed by atoms with Crippen LogP contribution in [0.2, 0.25) is 0 Å². The lowest BCUT2D eigenvalue weighted by molar-refractivity contribution is 0.145. The van der Waals surface area contributed by atoms with E-state index in [9.17, 15) is 10.2 Å². The van der Waals surface area contributed by atoms with Crippen molar-refractivity contribution in [1.29, 1.82) is 0 Å². The normalized spacial score (nSPS) is 27.2. The lowest BCUT2D eigenvalue weighted by Crippen LogP contribution is -2.41. The highest BCUT2D eigenvalue weighted by Crippen LogP contribution is 2.27. The quantitative estimate of drug-likeness (QED) is 0.776. The number of anilines is 1. The van der Waals surface area contributed by atoms with Crippen molar-refractivity contribution in [3.63, 3.8) is 0 Å². The minimum absolute atomic E-state index is 0.125. The number of nitrogens with zero attached hydrogens (tertiary/aromatic N) is 1. The molecule has 1 saturated carbocycles. The van der Waals surface area contributed by atoms with Crippen molar-refractivity contribution in [3.8, 4) is 0 Å². The number of hydrogen-bond donors (Lipinski definition) is 3. The molecule has 4 nitrogen and oxygen atoms in total. The first-order chi connectivity index (χ1) is 11.7. The summed E-state index contributed by atoms with van der Waals surface area (Å²) < 4.78 is 0. The second-order valence-corrected chi connectivity index (χ2v) is 7.53. The number of rotatable bonds is 5. The van der Waals surface area contributed by atoms with E-state index in [1.807, 2.05) is 0 Å². The van der Waals surface area contributed by atoms with Gasteiger partial charge in [-0.05, 0) is 56.2 Å². The van der Waals surface area contributed by atoms with E-state index in [-0.39, 0.29) is 6.10 Å². The number of piperidine rings is 1. The first-order valence-corrected chi connectivity index (χ1v) is 9.57. The Morgan fingerprint density at radius 2 is 1.75 bits per heavy atom. The smallest absolute Gasteiger partial charge is 0.0574 e. The van der Waals surface area contributed by atoms with Gasteiger partial charge in [0.05, 0.1) is 6.10 Å². The fourth-order valence-corrected chi connectivity index (χ4v) is 4.16. The largest absolute Gasteiger partial charge is 0.396 e. The van der Waals surface area contributed by atoms with Crippen LogP contribution in [0.25, 0.3) is 0 Å². The van der Waals surface area contributed by atoms with Crippen LogP contribution in [0, 0.1) is 5.92 Å². The second kappa shape index (κ2) is 8.32. The van der Waals surface area contributed by atoms with Gasteiger partial charge in [-0.15, -0.1) is 0 Å². The third-order valence-corrected chi connectivity index (χ3v) is 5.83. The van der Waals surface area contributed by atoms with Gasteiger partial charge in [-0.2, -0.15) is 0 Å². The molecule has 0 spiro atoms. The molecule has 3 N–H and O–H groups in total. The third kappa shape index (κ3) is 4.29. The molecule has 1 saturated heterocycles. The molecule has 1 aromatic carbocycles. The van der Waals surface area contributed by atoms with Crippen LogP contribution >= 0.6 is 0 Å². The first-order valence-electron chi connectivity index (χ1n) is 9.57. The zero-order valence-electron chi connectivity index (χ0n) is 14.8. The minimum atomic E-state index is -0.125. The Balaban J connectivity index is 1.58. The Bertz CT molecular complexity index is 497. The summed E-state index contributed by atoms with van der Waals surface area (Å²) in [6.45, 7) is 4.39.